The summed E-state index contributed by atoms with van der Waals surface area (Å²) in [6.45, 7) is 2.16. The van der Waals surface area contributed by atoms with Crippen LogP contribution in [0.15, 0.2) is 35.9 Å². The summed E-state index contributed by atoms with van der Waals surface area (Å²) < 4.78 is 10.6. The van der Waals surface area contributed by atoms with Crippen LogP contribution in [0.5, 0.6) is 0 Å². The van der Waals surface area contributed by atoms with Gasteiger partial charge in [0, 0.05) is 29.4 Å². The highest BCUT2D eigenvalue weighted by Crippen LogP contribution is 2.57. The van der Waals surface area contributed by atoms with E-state index in [9.17, 15) is 9.59 Å². The second-order valence-corrected chi connectivity index (χ2v) is 8.51. The zero-order valence-corrected chi connectivity index (χ0v) is 17.7. The van der Waals surface area contributed by atoms with Crippen LogP contribution in [0.3, 0.4) is 0 Å². The van der Waals surface area contributed by atoms with Crippen molar-refractivity contribution in [3.8, 4) is 0 Å². The topological polar surface area (TPSA) is 94.4 Å². The van der Waals surface area contributed by atoms with Gasteiger partial charge < -0.3 is 20.2 Å². The molecule has 160 valence electrons. The molecular formula is C24H30N2O4. The first kappa shape index (κ1) is 20.7. The van der Waals surface area contributed by atoms with Gasteiger partial charge in [0.2, 0.25) is 0 Å². The highest BCUT2D eigenvalue weighted by atomic mass is 16.5. The molecule has 2 unspecified atom stereocenters. The van der Waals surface area contributed by atoms with Crippen LogP contribution in [0.25, 0.3) is 10.9 Å². The molecule has 0 radical (unpaired) electrons. The van der Waals surface area contributed by atoms with Crippen LogP contribution < -0.4 is 5.73 Å². The largest absolute Gasteiger partial charge is 0.468 e. The number of para-hydroxylation sites is 1. The molecule has 6 nitrogen and oxygen atoms in total. The summed E-state index contributed by atoms with van der Waals surface area (Å²) in [5.74, 6) is -0.0714. The normalized spacial score (nSPS) is 26.8. The van der Waals surface area contributed by atoms with Gasteiger partial charge in [-0.1, -0.05) is 23.8 Å². The number of ether oxygens (including phenoxy) is 2. The molecule has 0 saturated heterocycles. The maximum Gasteiger partial charge on any atom is 0.318 e. The van der Waals surface area contributed by atoms with E-state index in [4.69, 9.17) is 15.2 Å². The standard InChI is InChI=1S/C24H30N2O4/c1-15(27)30-12-10-17-13-16-7-8-20(17)24(14-16,23(28)29-2)22-19(9-11-25)18-5-3-4-6-21(18)26-22/h3-6,10,16,20,26H,7-9,11-14,25H2,1-2H3/b17-10+/t16?,20?,24-/m0/s1. The van der Waals surface area contributed by atoms with Crippen LogP contribution >= 0.6 is 0 Å². The van der Waals surface area contributed by atoms with E-state index >= 15 is 0 Å². The molecule has 3 aliphatic rings. The average molecular weight is 411 g/mol. The number of hydrogen-bond donors (Lipinski definition) is 2. The molecule has 1 aromatic carbocycles. The van der Waals surface area contributed by atoms with Crippen molar-refractivity contribution in [1.29, 1.82) is 0 Å². The second kappa shape index (κ2) is 8.26. The van der Waals surface area contributed by atoms with Crippen LogP contribution in [0.4, 0.5) is 0 Å². The summed E-state index contributed by atoms with van der Waals surface area (Å²) >= 11 is 0. The van der Waals surface area contributed by atoms with Crippen LogP contribution in [0.1, 0.15) is 43.9 Å². The molecule has 2 bridgehead atoms. The van der Waals surface area contributed by atoms with Crippen LogP contribution in [0.2, 0.25) is 0 Å². The molecule has 0 spiro atoms. The molecule has 6 heteroatoms. The number of benzene rings is 1. The van der Waals surface area contributed by atoms with Gasteiger partial charge >= 0.3 is 11.9 Å². The van der Waals surface area contributed by atoms with Gasteiger partial charge in [0.25, 0.3) is 0 Å². The second-order valence-electron chi connectivity index (χ2n) is 8.51. The Morgan fingerprint density at radius 2 is 2.10 bits per heavy atom. The summed E-state index contributed by atoms with van der Waals surface area (Å²) in [4.78, 5) is 28.3. The quantitative estimate of drug-likeness (QED) is 0.562. The molecule has 3 saturated carbocycles. The molecule has 1 heterocycles. The van der Waals surface area contributed by atoms with Gasteiger partial charge in [0.15, 0.2) is 0 Å². The zero-order chi connectivity index (χ0) is 21.3. The lowest BCUT2D eigenvalue weighted by molar-refractivity contribution is -0.153. The zero-order valence-electron chi connectivity index (χ0n) is 17.7. The molecule has 2 aromatic rings. The number of nitrogens with one attached hydrogen (secondary N) is 1. The summed E-state index contributed by atoms with van der Waals surface area (Å²) in [6, 6.07) is 8.14. The Balaban J connectivity index is 1.87. The molecule has 1 aromatic heterocycles. The predicted octanol–water partition coefficient (Wildman–Crippen LogP) is 3.39. The number of carbonyl (C=O) groups excluding carboxylic acids is 2. The highest BCUT2D eigenvalue weighted by Gasteiger charge is 2.57. The number of H-pyrrole nitrogens is 1. The Kier molecular flexibility index (Phi) is 5.69. The predicted molar refractivity (Wildman–Crippen MR) is 115 cm³/mol. The minimum absolute atomic E-state index is 0.0232. The van der Waals surface area contributed by atoms with Gasteiger partial charge in [-0.05, 0) is 62.3 Å². The Morgan fingerprint density at radius 3 is 2.80 bits per heavy atom. The van der Waals surface area contributed by atoms with Crippen molar-refractivity contribution in [2.24, 2.45) is 17.6 Å². The van der Waals surface area contributed by atoms with Gasteiger partial charge in [0.05, 0.1) is 7.11 Å². The van der Waals surface area contributed by atoms with E-state index in [0.717, 1.165) is 47.8 Å². The summed E-state index contributed by atoms with van der Waals surface area (Å²) in [5.41, 5.74) is 9.49. The van der Waals surface area contributed by atoms with Gasteiger partial charge in [0.1, 0.15) is 12.0 Å². The Labute approximate surface area is 176 Å². The number of aromatic amines is 1. The SMILES string of the molecule is COC(=O)[C@@]1(c2[nH]c3ccccc3c2CCN)CC2CCC1/C(=C/COC(C)=O)C2. The van der Waals surface area contributed by atoms with Gasteiger partial charge in [-0.15, -0.1) is 0 Å². The van der Waals surface area contributed by atoms with Crippen molar-refractivity contribution in [3.05, 3.63) is 47.2 Å². The lowest BCUT2D eigenvalue weighted by Gasteiger charge is -2.51. The number of fused-ring (bicyclic) bond motifs is 4. The molecule has 3 N–H and O–H groups in total. The van der Waals surface area contributed by atoms with E-state index in [1.54, 1.807) is 0 Å². The monoisotopic (exact) mass is 410 g/mol. The van der Waals surface area contributed by atoms with Crippen molar-refractivity contribution < 1.29 is 19.1 Å². The first-order chi connectivity index (χ1) is 14.5. The Morgan fingerprint density at radius 1 is 1.30 bits per heavy atom. The smallest absolute Gasteiger partial charge is 0.318 e. The lowest BCUT2D eigenvalue weighted by atomic mass is 9.52. The van der Waals surface area contributed by atoms with Crippen molar-refractivity contribution >= 4 is 22.8 Å². The van der Waals surface area contributed by atoms with Gasteiger partial charge in [-0.2, -0.15) is 0 Å². The minimum atomic E-state index is -0.762. The molecule has 3 fully saturated rings. The van der Waals surface area contributed by atoms with E-state index in [1.165, 1.54) is 19.6 Å². The van der Waals surface area contributed by atoms with Crippen LogP contribution in [0, 0.1) is 11.8 Å². The fourth-order valence-electron chi connectivity index (χ4n) is 5.76. The fourth-order valence-corrected chi connectivity index (χ4v) is 5.76. The number of hydrogen-bond acceptors (Lipinski definition) is 5. The fraction of sp³-hybridized carbons (Fsp3) is 0.500. The maximum atomic E-state index is 13.5. The summed E-state index contributed by atoms with van der Waals surface area (Å²) in [5, 5.41) is 1.12. The third-order valence-corrected chi connectivity index (χ3v) is 6.88. The number of carbonyl (C=O) groups is 2. The molecule has 0 aliphatic heterocycles. The first-order valence-electron chi connectivity index (χ1n) is 10.7. The van der Waals surface area contributed by atoms with Crippen molar-refractivity contribution in [3.63, 3.8) is 0 Å². The third kappa shape index (κ3) is 3.33. The summed E-state index contributed by atoms with van der Waals surface area (Å²) in [7, 11) is 1.47. The highest BCUT2D eigenvalue weighted by molar-refractivity contribution is 5.91. The number of nitrogens with two attached hydrogens (primary N) is 1. The van der Waals surface area contributed by atoms with E-state index in [0.29, 0.717) is 18.9 Å². The van der Waals surface area contributed by atoms with E-state index in [-0.39, 0.29) is 24.5 Å². The van der Waals surface area contributed by atoms with Crippen molar-refractivity contribution in [2.75, 3.05) is 20.3 Å². The summed E-state index contributed by atoms with van der Waals surface area (Å²) in [6.07, 6.45) is 6.42. The number of rotatable bonds is 6. The van der Waals surface area contributed by atoms with Crippen molar-refractivity contribution in [2.45, 2.75) is 44.4 Å². The number of aromatic nitrogens is 1. The number of esters is 2. The molecule has 3 aliphatic carbocycles. The number of allylic oxidation sites excluding steroid dienone is 1. The third-order valence-electron chi connectivity index (χ3n) is 6.88. The van der Waals surface area contributed by atoms with E-state index < -0.39 is 5.41 Å². The molecule has 0 amide bonds. The van der Waals surface area contributed by atoms with Gasteiger partial charge in [-0.3, -0.25) is 9.59 Å². The lowest BCUT2D eigenvalue weighted by Crippen LogP contribution is -2.53. The van der Waals surface area contributed by atoms with E-state index in [2.05, 4.69) is 11.1 Å². The van der Waals surface area contributed by atoms with Gasteiger partial charge in [-0.25, -0.2) is 0 Å². The number of methoxy groups -OCH3 is 1. The minimum Gasteiger partial charge on any atom is -0.468 e. The molecular weight excluding hydrogens is 380 g/mol. The molecule has 5 rings (SSSR count). The van der Waals surface area contributed by atoms with Crippen LogP contribution in [-0.2, 0) is 30.9 Å². The Hall–Kier alpha value is -2.60. The Bertz CT molecular complexity index is 992. The van der Waals surface area contributed by atoms with Crippen molar-refractivity contribution in [1.82, 2.24) is 4.98 Å². The maximum absolute atomic E-state index is 13.5. The first-order valence-corrected chi connectivity index (χ1v) is 10.7. The molecule has 30 heavy (non-hydrogen) atoms. The van der Waals surface area contributed by atoms with Crippen LogP contribution in [-0.4, -0.2) is 37.2 Å². The van der Waals surface area contributed by atoms with E-state index in [1.807, 2.05) is 24.3 Å². The average Bonchev–Trinajstić information content (AvgIpc) is 3.12. The molecule has 3 atom stereocenters.